The lowest BCUT2D eigenvalue weighted by atomic mass is 10.1. The molecule has 106 valence electrons. The molecular formula is C12H18ClN3O3. The third-order valence-corrected chi connectivity index (χ3v) is 2.02. The number of alkyl carbamates (subject to hydrolysis) is 1. The zero-order valence-electron chi connectivity index (χ0n) is 11.4. The van der Waals surface area contributed by atoms with Crippen molar-refractivity contribution in [2.75, 3.05) is 6.61 Å². The van der Waals surface area contributed by atoms with E-state index in [1.165, 1.54) is 12.4 Å². The van der Waals surface area contributed by atoms with Crippen molar-refractivity contribution in [2.24, 2.45) is 0 Å². The van der Waals surface area contributed by atoms with Gasteiger partial charge in [-0.25, -0.2) is 4.79 Å². The van der Waals surface area contributed by atoms with Crippen LogP contribution in [0.5, 0.6) is 5.88 Å². The maximum Gasteiger partial charge on any atom is 0.407 e. The highest BCUT2D eigenvalue weighted by molar-refractivity contribution is 6.29. The van der Waals surface area contributed by atoms with Crippen molar-refractivity contribution in [3.8, 4) is 5.88 Å². The summed E-state index contributed by atoms with van der Waals surface area (Å²) in [4.78, 5) is 19.2. The normalized spacial score (nSPS) is 12.7. The lowest BCUT2D eigenvalue weighted by molar-refractivity contribution is 0.0693. The van der Waals surface area contributed by atoms with Crippen LogP contribution in [0, 0.1) is 0 Å². The molecule has 0 radical (unpaired) electrons. The van der Waals surface area contributed by atoms with Crippen LogP contribution >= 0.6 is 11.6 Å². The number of ether oxygens (including phenoxy) is 2. The highest BCUT2D eigenvalue weighted by Gasteiger charge is 2.17. The van der Waals surface area contributed by atoms with Gasteiger partial charge in [0.2, 0.25) is 5.88 Å². The molecule has 1 rings (SSSR count). The van der Waals surface area contributed by atoms with E-state index in [4.69, 9.17) is 21.1 Å². The number of rotatable bonds is 4. The van der Waals surface area contributed by atoms with E-state index in [2.05, 4.69) is 15.3 Å². The van der Waals surface area contributed by atoms with Crippen molar-refractivity contribution in [3.63, 3.8) is 0 Å². The smallest absolute Gasteiger partial charge is 0.407 e. The second-order valence-corrected chi connectivity index (χ2v) is 5.47. The molecule has 0 aromatic carbocycles. The zero-order valence-corrected chi connectivity index (χ0v) is 12.2. The van der Waals surface area contributed by atoms with E-state index in [1.807, 2.05) is 20.8 Å². The highest BCUT2D eigenvalue weighted by atomic mass is 35.5. The van der Waals surface area contributed by atoms with Crippen LogP contribution in [0.4, 0.5) is 4.79 Å². The van der Waals surface area contributed by atoms with Gasteiger partial charge in [0.1, 0.15) is 12.7 Å². The fraction of sp³-hybridized carbons (Fsp3) is 0.583. The minimum absolute atomic E-state index is 0.173. The Balaban J connectivity index is 2.36. The molecule has 1 amide bonds. The molecule has 0 aliphatic rings. The van der Waals surface area contributed by atoms with Crippen LogP contribution in [-0.4, -0.2) is 34.3 Å². The summed E-state index contributed by atoms with van der Waals surface area (Å²) in [5, 5.41) is 2.94. The summed E-state index contributed by atoms with van der Waals surface area (Å²) in [5.41, 5.74) is -0.337. The molecule has 0 saturated heterocycles. The lowest BCUT2D eigenvalue weighted by Gasteiger charge is -2.22. The molecule has 0 saturated carbocycles. The topological polar surface area (TPSA) is 73.3 Å². The van der Waals surface area contributed by atoms with Crippen LogP contribution in [0.15, 0.2) is 12.4 Å². The van der Waals surface area contributed by atoms with Crippen LogP contribution in [0.2, 0.25) is 5.15 Å². The van der Waals surface area contributed by atoms with Crippen molar-refractivity contribution in [1.82, 2.24) is 15.3 Å². The molecule has 1 heterocycles. The molecule has 1 aromatic heterocycles. The Bertz CT molecular complexity index is 434. The number of nitrogens with zero attached hydrogens (tertiary/aromatic N) is 2. The summed E-state index contributed by atoms with van der Waals surface area (Å²) >= 11 is 5.67. The summed E-state index contributed by atoms with van der Waals surface area (Å²) in [6.45, 7) is 7.51. The van der Waals surface area contributed by atoms with Gasteiger partial charge < -0.3 is 14.8 Å². The summed E-state index contributed by atoms with van der Waals surface area (Å²) in [5.74, 6) is 0.291. The first-order chi connectivity index (χ1) is 8.76. The van der Waals surface area contributed by atoms with Gasteiger partial charge in [-0.05, 0) is 27.7 Å². The van der Waals surface area contributed by atoms with Gasteiger partial charge in [0.15, 0.2) is 5.15 Å². The van der Waals surface area contributed by atoms with E-state index in [-0.39, 0.29) is 17.3 Å². The number of hydrogen-bond acceptors (Lipinski definition) is 5. The van der Waals surface area contributed by atoms with Crippen molar-refractivity contribution < 1.29 is 14.3 Å². The van der Waals surface area contributed by atoms with E-state index in [0.717, 1.165) is 0 Å². The van der Waals surface area contributed by atoms with Gasteiger partial charge in [0, 0.05) is 5.54 Å². The third kappa shape index (κ3) is 6.81. The van der Waals surface area contributed by atoms with Gasteiger partial charge in [-0.3, -0.25) is 4.98 Å². The standard InChI is InChI=1S/C12H18ClN3O3/c1-8(19-11(17)16-12(2,3)4)7-18-10-6-14-5-9(13)15-10/h5-6,8H,7H2,1-4H3,(H,16,17)/t8-/m0/s1. The summed E-state index contributed by atoms with van der Waals surface area (Å²) in [6.07, 6.45) is 1.95. The van der Waals surface area contributed by atoms with Crippen LogP contribution in [0.3, 0.4) is 0 Å². The summed E-state index contributed by atoms with van der Waals surface area (Å²) in [6, 6.07) is 0. The SMILES string of the molecule is C[C@@H](COc1cncc(Cl)n1)OC(=O)NC(C)(C)C. The first kappa shape index (κ1) is 15.5. The number of aromatic nitrogens is 2. The molecule has 0 unspecified atom stereocenters. The van der Waals surface area contributed by atoms with E-state index >= 15 is 0 Å². The fourth-order valence-corrected chi connectivity index (χ4v) is 1.29. The average molecular weight is 288 g/mol. The molecule has 0 aliphatic heterocycles. The van der Waals surface area contributed by atoms with Crippen LogP contribution in [0.1, 0.15) is 27.7 Å². The number of carbonyl (C=O) groups is 1. The first-order valence-electron chi connectivity index (χ1n) is 5.85. The van der Waals surface area contributed by atoms with E-state index in [9.17, 15) is 4.79 Å². The Hall–Kier alpha value is -1.56. The van der Waals surface area contributed by atoms with Crippen molar-refractivity contribution in [3.05, 3.63) is 17.5 Å². The van der Waals surface area contributed by atoms with Crippen LogP contribution < -0.4 is 10.1 Å². The highest BCUT2D eigenvalue weighted by Crippen LogP contribution is 2.09. The van der Waals surface area contributed by atoms with Gasteiger partial charge in [0.05, 0.1) is 12.4 Å². The molecule has 0 fully saturated rings. The van der Waals surface area contributed by atoms with Gasteiger partial charge in [0.25, 0.3) is 0 Å². The minimum Gasteiger partial charge on any atom is -0.473 e. The molecule has 0 spiro atoms. The number of amides is 1. The second-order valence-electron chi connectivity index (χ2n) is 5.08. The van der Waals surface area contributed by atoms with E-state index in [0.29, 0.717) is 5.88 Å². The van der Waals surface area contributed by atoms with Crippen LogP contribution in [0.25, 0.3) is 0 Å². The number of nitrogens with one attached hydrogen (secondary N) is 1. The van der Waals surface area contributed by atoms with Gasteiger partial charge in [-0.15, -0.1) is 0 Å². The average Bonchev–Trinajstić information content (AvgIpc) is 2.23. The van der Waals surface area contributed by atoms with Crippen LogP contribution in [-0.2, 0) is 4.74 Å². The molecule has 6 nitrogen and oxygen atoms in total. The second kappa shape index (κ2) is 6.56. The first-order valence-corrected chi connectivity index (χ1v) is 6.23. The molecule has 19 heavy (non-hydrogen) atoms. The number of hydrogen-bond donors (Lipinski definition) is 1. The summed E-state index contributed by atoms with van der Waals surface area (Å²) < 4.78 is 10.4. The molecule has 7 heteroatoms. The maximum absolute atomic E-state index is 11.5. The predicted molar refractivity (Wildman–Crippen MR) is 71.4 cm³/mol. The fourth-order valence-electron chi connectivity index (χ4n) is 1.15. The van der Waals surface area contributed by atoms with E-state index in [1.54, 1.807) is 6.92 Å². The number of carbonyl (C=O) groups excluding carboxylic acids is 1. The Morgan fingerprint density at radius 2 is 2.16 bits per heavy atom. The Morgan fingerprint density at radius 3 is 2.74 bits per heavy atom. The quantitative estimate of drug-likeness (QED) is 0.920. The minimum atomic E-state index is -0.485. The van der Waals surface area contributed by atoms with Crippen molar-refractivity contribution >= 4 is 17.7 Å². The largest absolute Gasteiger partial charge is 0.473 e. The molecular weight excluding hydrogens is 270 g/mol. The van der Waals surface area contributed by atoms with Gasteiger partial charge in [-0.2, -0.15) is 4.98 Å². The predicted octanol–water partition coefficient (Wildman–Crippen LogP) is 2.42. The van der Waals surface area contributed by atoms with E-state index < -0.39 is 12.2 Å². The molecule has 1 N–H and O–H groups in total. The molecule has 0 bridgehead atoms. The van der Waals surface area contributed by atoms with Crippen molar-refractivity contribution in [2.45, 2.75) is 39.3 Å². The molecule has 1 atom stereocenters. The molecule has 1 aromatic rings. The number of halogens is 1. The van der Waals surface area contributed by atoms with Crippen molar-refractivity contribution in [1.29, 1.82) is 0 Å². The Kier molecular flexibility index (Phi) is 5.35. The summed E-state index contributed by atoms with van der Waals surface area (Å²) in [7, 11) is 0. The monoisotopic (exact) mass is 287 g/mol. The third-order valence-electron chi connectivity index (χ3n) is 1.83. The van der Waals surface area contributed by atoms with Gasteiger partial charge in [-0.1, -0.05) is 11.6 Å². The lowest BCUT2D eigenvalue weighted by Crippen LogP contribution is -2.42. The Labute approximate surface area is 117 Å². The Morgan fingerprint density at radius 1 is 1.47 bits per heavy atom. The van der Waals surface area contributed by atoms with Gasteiger partial charge >= 0.3 is 6.09 Å². The zero-order chi connectivity index (χ0) is 14.5. The molecule has 0 aliphatic carbocycles. The maximum atomic E-state index is 11.5.